The summed E-state index contributed by atoms with van der Waals surface area (Å²) >= 11 is 1.68. The largest absolute Gasteiger partial charge is 0.447 e. The molecule has 128 valence electrons. The number of esters is 1. The van der Waals surface area contributed by atoms with Gasteiger partial charge in [0, 0.05) is 10.3 Å². The second-order valence-corrected chi connectivity index (χ2v) is 7.08. The van der Waals surface area contributed by atoms with E-state index in [1.807, 2.05) is 36.4 Å². The van der Waals surface area contributed by atoms with Crippen LogP contribution in [0.2, 0.25) is 0 Å². The molecule has 4 rings (SSSR count). The fourth-order valence-electron chi connectivity index (χ4n) is 3.42. The Kier molecular flexibility index (Phi) is 4.51. The molecule has 0 spiro atoms. The number of thiophene rings is 1. The molecule has 0 unspecified atom stereocenters. The zero-order valence-corrected chi connectivity index (χ0v) is 14.9. The van der Waals surface area contributed by atoms with Crippen LogP contribution in [0, 0.1) is 11.3 Å². The van der Waals surface area contributed by atoms with E-state index in [9.17, 15) is 4.79 Å². The van der Waals surface area contributed by atoms with Gasteiger partial charge in [-0.2, -0.15) is 5.26 Å². The molecule has 1 aliphatic rings. The number of hydrogen-bond donors (Lipinski definition) is 0. The van der Waals surface area contributed by atoms with Crippen molar-refractivity contribution in [2.45, 2.75) is 19.3 Å². The number of nitriles is 1. The van der Waals surface area contributed by atoms with Crippen molar-refractivity contribution in [3.8, 4) is 6.07 Å². The molecule has 5 heteroatoms. The summed E-state index contributed by atoms with van der Waals surface area (Å²) in [6.45, 7) is -0.248. The molecule has 0 fully saturated rings. The van der Waals surface area contributed by atoms with E-state index in [2.05, 4.69) is 17.5 Å². The molecule has 26 heavy (non-hydrogen) atoms. The van der Waals surface area contributed by atoms with E-state index >= 15 is 0 Å². The number of carbonyl (C=O) groups excluding carboxylic acids is 1. The van der Waals surface area contributed by atoms with Gasteiger partial charge in [0.15, 0.2) is 6.61 Å². The predicted octanol–water partition coefficient (Wildman–Crippen LogP) is 4.85. The summed E-state index contributed by atoms with van der Waals surface area (Å²) in [5, 5.41) is 11.6. The molecule has 2 aromatic heterocycles. The maximum atomic E-state index is 12.7. The number of aromatic nitrogens is 1. The average Bonchev–Trinajstić information content (AvgIpc) is 3.18. The normalized spacial score (nSPS) is 14.8. The minimum Gasteiger partial charge on any atom is -0.447 e. The number of nitrogens with zero attached hydrogens (tertiary/aromatic N) is 2. The zero-order valence-electron chi connectivity index (χ0n) is 14.1. The molecule has 4 nitrogen and oxygen atoms in total. The molecule has 0 saturated carbocycles. The number of benzene rings is 1. The van der Waals surface area contributed by atoms with Crippen molar-refractivity contribution >= 4 is 39.9 Å². The van der Waals surface area contributed by atoms with Gasteiger partial charge in [0.25, 0.3) is 0 Å². The van der Waals surface area contributed by atoms with E-state index in [0.29, 0.717) is 5.56 Å². The van der Waals surface area contributed by atoms with Gasteiger partial charge in [0.1, 0.15) is 6.07 Å². The highest BCUT2D eigenvalue weighted by Gasteiger charge is 2.25. The second-order valence-electron chi connectivity index (χ2n) is 6.10. The first-order valence-corrected chi connectivity index (χ1v) is 9.36. The Hall–Kier alpha value is -2.97. The number of allylic oxidation sites excluding steroid dienone is 1. The Balaban J connectivity index is 1.93. The standard InChI is InChI=1S/C21H16N2O2S/c22-10-11-25-21(24)19-16-7-1-2-9-18(16)23-20-14(5-3-8-17(19)20)13-15-6-4-12-26-15/h1-2,4,6-7,9,12-13H,3,5,8,11H2/b14-13-. The first kappa shape index (κ1) is 16.5. The quantitative estimate of drug-likeness (QED) is 0.626. The number of ether oxygens (including phenoxy) is 1. The van der Waals surface area contributed by atoms with Crippen LogP contribution in [0.25, 0.3) is 22.6 Å². The van der Waals surface area contributed by atoms with E-state index < -0.39 is 5.97 Å². The molecule has 1 aromatic carbocycles. The fourth-order valence-corrected chi connectivity index (χ4v) is 4.10. The molecule has 0 bridgehead atoms. The van der Waals surface area contributed by atoms with E-state index in [0.717, 1.165) is 47.0 Å². The van der Waals surface area contributed by atoms with Gasteiger partial charge in [-0.1, -0.05) is 24.3 Å². The van der Waals surface area contributed by atoms with Crippen LogP contribution < -0.4 is 0 Å². The van der Waals surface area contributed by atoms with Crippen LogP contribution >= 0.6 is 11.3 Å². The topological polar surface area (TPSA) is 63.0 Å². The smallest absolute Gasteiger partial charge is 0.340 e. The molecular formula is C21H16N2O2S. The van der Waals surface area contributed by atoms with Crippen molar-refractivity contribution in [3.05, 3.63) is 63.5 Å². The van der Waals surface area contributed by atoms with Crippen LogP contribution in [0.15, 0.2) is 41.8 Å². The number of rotatable bonds is 3. The lowest BCUT2D eigenvalue weighted by molar-refractivity contribution is 0.0556. The fraction of sp³-hybridized carbons (Fsp3) is 0.190. The first-order valence-electron chi connectivity index (χ1n) is 8.48. The summed E-state index contributed by atoms with van der Waals surface area (Å²) in [5.74, 6) is -0.446. The molecule has 0 N–H and O–H groups in total. The van der Waals surface area contributed by atoms with Gasteiger partial charge < -0.3 is 4.74 Å². The van der Waals surface area contributed by atoms with Crippen LogP contribution in [-0.4, -0.2) is 17.6 Å². The maximum Gasteiger partial charge on any atom is 0.340 e. The van der Waals surface area contributed by atoms with Gasteiger partial charge in [-0.3, -0.25) is 0 Å². The highest BCUT2D eigenvalue weighted by atomic mass is 32.1. The van der Waals surface area contributed by atoms with Crippen molar-refractivity contribution in [2.24, 2.45) is 0 Å². The van der Waals surface area contributed by atoms with Gasteiger partial charge in [0.05, 0.1) is 16.8 Å². The third kappa shape index (κ3) is 3.00. The first-order chi connectivity index (χ1) is 12.8. The maximum absolute atomic E-state index is 12.7. The Morgan fingerprint density at radius 2 is 2.15 bits per heavy atom. The van der Waals surface area contributed by atoms with Crippen LogP contribution in [0.5, 0.6) is 0 Å². The lowest BCUT2D eigenvalue weighted by Crippen LogP contribution is -2.15. The summed E-state index contributed by atoms with van der Waals surface area (Å²) in [6, 6.07) is 13.6. The molecule has 0 aliphatic heterocycles. The Bertz CT molecular complexity index is 1050. The Labute approximate surface area is 155 Å². The van der Waals surface area contributed by atoms with Gasteiger partial charge >= 0.3 is 5.97 Å². The van der Waals surface area contributed by atoms with Crippen LogP contribution in [0.1, 0.15) is 39.3 Å². The molecular weight excluding hydrogens is 344 g/mol. The van der Waals surface area contributed by atoms with Crippen molar-refractivity contribution < 1.29 is 9.53 Å². The number of hydrogen-bond acceptors (Lipinski definition) is 5. The highest BCUT2D eigenvalue weighted by molar-refractivity contribution is 7.10. The third-order valence-corrected chi connectivity index (χ3v) is 5.32. The van der Waals surface area contributed by atoms with Crippen molar-refractivity contribution in [1.82, 2.24) is 4.98 Å². The van der Waals surface area contributed by atoms with E-state index in [1.165, 1.54) is 4.88 Å². The van der Waals surface area contributed by atoms with Crippen LogP contribution in [0.3, 0.4) is 0 Å². The van der Waals surface area contributed by atoms with Gasteiger partial charge in [-0.15, -0.1) is 11.3 Å². The van der Waals surface area contributed by atoms with Gasteiger partial charge in [0.2, 0.25) is 0 Å². The molecule has 0 amide bonds. The number of para-hydroxylation sites is 1. The van der Waals surface area contributed by atoms with Gasteiger partial charge in [-0.05, 0) is 54.0 Å². The van der Waals surface area contributed by atoms with Crippen molar-refractivity contribution in [1.29, 1.82) is 5.26 Å². The summed E-state index contributed by atoms with van der Waals surface area (Å²) in [6.07, 6.45) is 4.84. The van der Waals surface area contributed by atoms with E-state index in [1.54, 1.807) is 11.3 Å². The zero-order chi connectivity index (χ0) is 17.9. The number of pyridine rings is 1. The lowest BCUT2D eigenvalue weighted by atomic mass is 9.86. The molecule has 0 atom stereocenters. The number of carbonyl (C=O) groups is 1. The van der Waals surface area contributed by atoms with Crippen molar-refractivity contribution in [2.75, 3.05) is 6.61 Å². The second kappa shape index (κ2) is 7.11. The minimum atomic E-state index is -0.446. The number of fused-ring (bicyclic) bond motifs is 2. The lowest BCUT2D eigenvalue weighted by Gasteiger charge is -2.22. The SMILES string of the molecule is N#CCOC(=O)c1c2c(nc3ccccc13)/C(=C\c1cccs1)CCC2. The minimum absolute atomic E-state index is 0.248. The Morgan fingerprint density at radius 3 is 2.96 bits per heavy atom. The molecule has 0 saturated heterocycles. The summed E-state index contributed by atoms with van der Waals surface area (Å²) in [7, 11) is 0. The van der Waals surface area contributed by atoms with Crippen molar-refractivity contribution in [3.63, 3.8) is 0 Å². The summed E-state index contributed by atoms with van der Waals surface area (Å²) < 4.78 is 5.15. The molecule has 3 aromatic rings. The summed E-state index contributed by atoms with van der Waals surface area (Å²) in [5.41, 5.74) is 4.29. The highest BCUT2D eigenvalue weighted by Crippen LogP contribution is 2.36. The Morgan fingerprint density at radius 1 is 1.27 bits per heavy atom. The van der Waals surface area contributed by atoms with E-state index in [-0.39, 0.29) is 6.61 Å². The molecule has 2 heterocycles. The monoisotopic (exact) mass is 360 g/mol. The van der Waals surface area contributed by atoms with Gasteiger partial charge in [-0.25, -0.2) is 9.78 Å². The van der Waals surface area contributed by atoms with Crippen LogP contribution in [0.4, 0.5) is 0 Å². The molecule has 1 aliphatic carbocycles. The average molecular weight is 360 g/mol. The summed E-state index contributed by atoms with van der Waals surface area (Å²) in [4.78, 5) is 18.7. The van der Waals surface area contributed by atoms with E-state index in [4.69, 9.17) is 15.0 Å². The predicted molar refractivity (Wildman–Crippen MR) is 103 cm³/mol. The van der Waals surface area contributed by atoms with Crippen LogP contribution in [-0.2, 0) is 11.2 Å². The third-order valence-electron chi connectivity index (χ3n) is 4.50. The molecule has 0 radical (unpaired) electrons.